The van der Waals surface area contributed by atoms with Crippen LogP contribution in [-0.4, -0.2) is 29.6 Å². The van der Waals surface area contributed by atoms with Gasteiger partial charge in [0, 0.05) is 16.7 Å². The lowest BCUT2D eigenvalue weighted by molar-refractivity contribution is -0.140. The molecule has 0 aliphatic rings. The third-order valence-corrected chi connectivity index (χ3v) is 3.17. The van der Waals surface area contributed by atoms with E-state index in [0.717, 1.165) is 5.56 Å². The zero-order valence-corrected chi connectivity index (χ0v) is 16.3. The summed E-state index contributed by atoms with van der Waals surface area (Å²) in [4.78, 5) is 32.6. The molecule has 0 bridgehead atoms. The molecule has 0 unspecified atom stereocenters. The molecule has 1 N–H and O–H groups in total. The van der Waals surface area contributed by atoms with Gasteiger partial charge in [0.25, 0.3) is 0 Å². The van der Waals surface area contributed by atoms with Gasteiger partial charge in [0.2, 0.25) is 0 Å². The largest absolute Gasteiger partial charge is 0.478 e. The fourth-order valence-corrected chi connectivity index (χ4v) is 1.53. The van der Waals surface area contributed by atoms with E-state index in [9.17, 15) is 14.4 Å². The first-order chi connectivity index (χ1) is 13.2. The Morgan fingerprint density at radius 1 is 1.04 bits per heavy atom. The first-order valence-electron chi connectivity index (χ1n) is 8.41. The molecule has 0 fully saturated rings. The summed E-state index contributed by atoms with van der Waals surface area (Å²) in [6.07, 6.45) is 3.04. The maximum absolute atomic E-state index is 11.1. The fourth-order valence-electron chi connectivity index (χ4n) is 1.53. The predicted octanol–water partition coefficient (Wildman–Crippen LogP) is 4.00. The van der Waals surface area contributed by atoms with Crippen molar-refractivity contribution in [2.45, 2.75) is 26.9 Å². The Balaban J connectivity index is 0.000000525. The van der Waals surface area contributed by atoms with E-state index >= 15 is 0 Å². The Bertz CT molecular complexity index is 744. The second-order valence-electron chi connectivity index (χ2n) is 5.73. The van der Waals surface area contributed by atoms with E-state index in [4.69, 9.17) is 14.6 Å². The lowest BCUT2D eigenvalue weighted by Crippen LogP contribution is -2.07. The second kappa shape index (κ2) is 13.7. The number of esters is 2. The van der Waals surface area contributed by atoms with Crippen molar-refractivity contribution in [3.8, 4) is 0 Å². The second-order valence-corrected chi connectivity index (χ2v) is 5.73. The van der Waals surface area contributed by atoms with Crippen molar-refractivity contribution in [3.63, 3.8) is 0 Å². The molecule has 0 heterocycles. The van der Waals surface area contributed by atoms with E-state index in [1.54, 1.807) is 6.92 Å². The summed E-state index contributed by atoms with van der Waals surface area (Å²) in [5.41, 5.74) is 1.80. The average Bonchev–Trinajstić information content (AvgIpc) is 2.68. The number of carboxylic acids is 1. The molecule has 0 atom stereocenters. The Kier molecular flexibility index (Phi) is 12.1. The minimum Gasteiger partial charge on any atom is -0.478 e. The summed E-state index contributed by atoms with van der Waals surface area (Å²) in [6, 6.07) is 9.55. The number of aliphatic carboxylic acids is 1. The maximum atomic E-state index is 11.1. The standard InChI is InChI=1S/C11H14O4.C11H12O2/c1-4-7-15-11(14)9(3)6-5-8(2)10(12)13;1-9(2)11(12)13-8-10-6-4-3-5-7-10/h4-5H,1,3,6-7H2,2H3,(H,12,13);3-7H,1,8H2,2H3. The number of ether oxygens (including phenoxy) is 2. The van der Waals surface area contributed by atoms with Gasteiger partial charge in [-0.2, -0.15) is 0 Å². The monoisotopic (exact) mass is 386 g/mol. The summed E-state index contributed by atoms with van der Waals surface area (Å²) in [5, 5.41) is 8.55. The average molecular weight is 386 g/mol. The van der Waals surface area contributed by atoms with Crippen molar-refractivity contribution in [1.82, 2.24) is 0 Å². The number of hydrogen-bond donors (Lipinski definition) is 1. The minimum absolute atomic E-state index is 0.124. The molecule has 6 heteroatoms. The minimum atomic E-state index is -1.01. The lowest BCUT2D eigenvalue weighted by Gasteiger charge is -2.03. The van der Waals surface area contributed by atoms with Crippen LogP contribution >= 0.6 is 0 Å². The van der Waals surface area contributed by atoms with Gasteiger partial charge in [-0.05, 0) is 25.8 Å². The summed E-state index contributed by atoms with van der Waals surface area (Å²) in [7, 11) is 0. The van der Waals surface area contributed by atoms with Crippen LogP contribution in [0.25, 0.3) is 0 Å². The topological polar surface area (TPSA) is 89.9 Å². The molecule has 150 valence electrons. The number of allylic oxidation sites excluding steroid dienone is 1. The molecule has 0 amide bonds. The van der Waals surface area contributed by atoms with Gasteiger partial charge < -0.3 is 14.6 Å². The number of benzene rings is 1. The van der Waals surface area contributed by atoms with Gasteiger partial charge in [0.15, 0.2) is 0 Å². The number of carboxylic acid groups (broad SMARTS) is 1. The van der Waals surface area contributed by atoms with Crippen LogP contribution in [0.5, 0.6) is 0 Å². The highest BCUT2D eigenvalue weighted by molar-refractivity contribution is 5.89. The van der Waals surface area contributed by atoms with Crippen molar-refractivity contribution in [1.29, 1.82) is 0 Å². The van der Waals surface area contributed by atoms with Gasteiger partial charge in [0.05, 0.1) is 0 Å². The van der Waals surface area contributed by atoms with E-state index in [1.807, 2.05) is 30.3 Å². The van der Waals surface area contributed by atoms with Gasteiger partial charge in [0.1, 0.15) is 13.2 Å². The molecule has 0 radical (unpaired) electrons. The number of carbonyl (C=O) groups is 3. The number of hydrogen-bond acceptors (Lipinski definition) is 5. The van der Waals surface area contributed by atoms with E-state index in [-0.39, 0.29) is 30.1 Å². The first-order valence-corrected chi connectivity index (χ1v) is 8.41. The van der Waals surface area contributed by atoms with Crippen LogP contribution in [0.3, 0.4) is 0 Å². The van der Waals surface area contributed by atoms with Crippen LogP contribution in [-0.2, 0) is 30.5 Å². The van der Waals surface area contributed by atoms with Crippen LogP contribution in [0.4, 0.5) is 0 Å². The Morgan fingerprint density at radius 3 is 2.14 bits per heavy atom. The summed E-state index contributed by atoms with van der Waals surface area (Å²) in [6.45, 7) is 13.9. The van der Waals surface area contributed by atoms with Gasteiger partial charge in [-0.15, -0.1) is 0 Å². The predicted molar refractivity (Wildman–Crippen MR) is 107 cm³/mol. The molecule has 0 saturated carbocycles. The zero-order valence-electron chi connectivity index (χ0n) is 16.3. The molecule has 1 aromatic rings. The van der Waals surface area contributed by atoms with Crippen molar-refractivity contribution in [2.24, 2.45) is 0 Å². The molecule has 0 aliphatic heterocycles. The smallest absolute Gasteiger partial charge is 0.334 e. The third kappa shape index (κ3) is 11.3. The number of carbonyl (C=O) groups excluding carboxylic acids is 2. The Hall–Kier alpha value is -3.41. The molecular weight excluding hydrogens is 360 g/mol. The van der Waals surface area contributed by atoms with E-state index in [1.165, 1.54) is 19.1 Å². The van der Waals surface area contributed by atoms with Crippen LogP contribution in [0.15, 0.2) is 78.9 Å². The zero-order chi connectivity index (χ0) is 21.5. The van der Waals surface area contributed by atoms with Crippen LogP contribution in [0.2, 0.25) is 0 Å². The number of rotatable bonds is 9. The quantitative estimate of drug-likeness (QED) is 0.392. The van der Waals surface area contributed by atoms with Crippen molar-refractivity contribution in [3.05, 3.63) is 84.5 Å². The SMILES string of the molecule is C=C(C)C(=O)OCc1ccccc1.C=CCOC(=O)C(=C)CC=C(C)C(=O)O. The highest BCUT2D eigenvalue weighted by Crippen LogP contribution is 2.05. The van der Waals surface area contributed by atoms with Crippen LogP contribution in [0, 0.1) is 0 Å². The lowest BCUT2D eigenvalue weighted by atomic mass is 10.1. The van der Waals surface area contributed by atoms with Gasteiger partial charge in [-0.3, -0.25) is 0 Å². The third-order valence-electron chi connectivity index (χ3n) is 3.17. The van der Waals surface area contributed by atoms with E-state index in [0.29, 0.717) is 12.2 Å². The van der Waals surface area contributed by atoms with Gasteiger partial charge in [-0.1, -0.05) is 62.2 Å². The molecule has 0 saturated heterocycles. The molecule has 1 rings (SSSR count). The molecule has 6 nitrogen and oxygen atoms in total. The molecule has 0 spiro atoms. The van der Waals surface area contributed by atoms with Crippen molar-refractivity contribution >= 4 is 17.9 Å². The fraction of sp³-hybridized carbons (Fsp3) is 0.227. The van der Waals surface area contributed by atoms with Gasteiger partial charge in [-0.25, -0.2) is 14.4 Å². The van der Waals surface area contributed by atoms with E-state index < -0.39 is 11.9 Å². The summed E-state index contributed by atoms with van der Waals surface area (Å²) < 4.78 is 9.66. The maximum Gasteiger partial charge on any atom is 0.334 e. The Labute approximate surface area is 165 Å². The van der Waals surface area contributed by atoms with Crippen molar-refractivity contribution in [2.75, 3.05) is 6.61 Å². The normalized spacial score (nSPS) is 10.0. The van der Waals surface area contributed by atoms with Gasteiger partial charge >= 0.3 is 17.9 Å². The molecule has 28 heavy (non-hydrogen) atoms. The van der Waals surface area contributed by atoms with Crippen LogP contribution in [0.1, 0.15) is 25.8 Å². The molecule has 0 aliphatic carbocycles. The summed E-state index contributed by atoms with van der Waals surface area (Å²) >= 11 is 0. The molecular formula is C22H26O6. The molecule has 1 aromatic carbocycles. The van der Waals surface area contributed by atoms with Crippen LogP contribution < -0.4 is 0 Å². The first kappa shape index (κ1) is 24.6. The highest BCUT2D eigenvalue weighted by atomic mass is 16.5. The highest BCUT2D eigenvalue weighted by Gasteiger charge is 2.07. The van der Waals surface area contributed by atoms with Crippen molar-refractivity contribution < 1.29 is 29.0 Å². The molecule has 0 aromatic heterocycles. The van der Waals surface area contributed by atoms with E-state index in [2.05, 4.69) is 19.7 Å². The Morgan fingerprint density at radius 2 is 1.64 bits per heavy atom. The summed E-state index contributed by atoms with van der Waals surface area (Å²) in [5.74, 6) is -1.89.